The highest BCUT2D eigenvalue weighted by molar-refractivity contribution is 6.08. The molecule has 1 saturated heterocycles. The third-order valence-electron chi connectivity index (χ3n) is 10.4. The highest BCUT2D eigenvalue weighted by atomic mass is 19.4. The van der Waals surface area contributed by atoms with E-state index in [0.717, 1.165) is 68.3 Å². The Labute approximate surface area is 302 Å². The van der Waals surface area contributed by atoms with Crippen molar-refractivity contribution in [3.63, 3.8) is 0 Å². The van der Waals surface area contributed by atoms with E-state index in [9.17, 15) is 27.6 Å². The Kier molecular flexibility index (Phi) is 11.6. The predicted octanol–water partition coefficient (Wildman–Crippen LogP) is 9.29. The van der Waals surface area contributed by atoms with E-state index in [0.29, 0.717) is 35.5 Å². The molecular weight excluding hydrogens is 669 g/mol. The van der Waals surface area contributed by atoms with Gasteiger partial charge in [-0.2, -0.15) is 13.2 Å². The molecule has 10 heteroatoms. The fourth-order valence-electron chi connectivity index (χ4n) is 7.57. The molecule has 2 atom stereocenters. The zero-order chi connectivity index (χ0) is 36.7. The molecule has 2 fully saturated rings. The molecule has 1 aliphatic carbocycles. The van der Waals surface area contributed by atoms with Gasteiger partial charge in [-0.15, -0.1) is 0 Å². The Hall–Kier alpha value is -5.12. The number of amides is 1. The molecule has 2 aliphatic rings. The van der Waals surface area contributed by atoms with Crippen molar-refractivity contribution >= 4 is 29.2 Å². The number of piperidine rings is 1. The minimum atomic E-state index is -4.44. The van der Waals surface area contributed by atoms with E-state index in [-0.39, 0.29) is 23.7 Å². The van der Waals surface area contributed by atoms with Crippen molar-refractivity contribution in [3.8, 4) is 11.1 Å². The first-order chi connectivity index (χ1) is 25.1. The number of anilines is 2. The van der Waals surface area contributed by atoms with Gasteiger partial charge in [-0.25, -0.2) is 4.79 Å². The summed E-state index contributed by atoms with van der Waals surface area (Å²) in [5.74, 6) is -1.79. The Morgan fingerprint density at radius 3 is 2.00 bits per heavy atom. The second-order valence-corrected chi connectivity index (χ2v) is 13.6. The number of rotatable bonds is 10. The summed E-state index contributed by atoms with van der Waals surface area (Å²) in [5.41, 5.74) is 3.06. The topological polar surface area (TPSA) is 84.9 Å². The number of ether oxygens (including phenoxy) is 2. The van der Waals surface area contributed by atoms with Crippen LogP contribution in [0.5, 0.6) is 0 Å². The van der Waals surface area contributed by atoms with E-state index in [2.05, 4.69) is 10.2 Å². The first-order valence-electron chi connectivity index (χ1n) is 17.9. The van der Waals surface area contributed by atoms with Crippen molar-refractivity contribution in [3.05, 3.63) is 120 Å². The Balaban J connectivity index is 1.10. The summed E-state index contributed by atoms with van der Waals surface area (Å²) < 4.78 is 50.4. The summed E-state index contributed by atoms with van der Waals surface area (Å²) >= 11 is 0. The summed E-state index contributed by atoms with van der Waals surface area (Å²) in [6, 6.07) is 28.7. The summed E-state index contributed by atoms with van der Waals surface area (Å²) in [4.78, 5) is 42.3. The summed E-state index contributed by atoms with van der Waals surface area (Å²) in [5, 5.41) is 2.92. The number of carbonyl (C=O) groups is 3. The first kappa shape index (κ1) is 36.7. The van der Waals surface area contributed by atoms with Crippen molar-refractivity contribution in [1.82, 2.24) is 0 Å². The number of benzene rings is 4. The molecule has 2 unspecified atom stereocenters. The molecule has 1 saturated carbocycles. The fourth-order valence-corrected chi connectivity index (χ4v) is 7.57. The quantitative estimate of drug-likeness (QED) is 0.165. The van der Waals surface area contributed by atoms with Crippen LogP contribution in [0.4, 0.5) is 24.5 Å². The van der Waals surface area contributed by atoms with Gasteiger partial charge in [0.1, 0.15) is 0 Å². The number of carbonyl (C=O) groups excluding carboxylic acids is 3. The van der Waals surface area contributed by atoms with Crippen LogP contribution in [-0.2, 0) is 25.2 Å². The number of methoxy groups -OCH3 is 1. The van der Waals surface area contributed by atoms with E-state index in [4.69, 9.17) is 9.47 Å². The van der Waals surface area contributed by atoms with Crippen LogP contribution in [0.2, 0.25) is 0 Å². The maximum absolute atomic E-state index is 13.9. The minimum Gasteiger partial charge on any atom is -0.466 e. The molecule has 1 amide bonds. The van der Waals surface area contributed by atoms with Gasteiger partial charge in [-0.1, -0.05) is 79.9 Å². The van der Waals surface area contributed by atoms with Gasteiger partial charge in [0.05, 0.1) is 18.6 Å². The largest absolute Gasteiger partial charge is 0.466 e. The van der Waals surface area contributed by atoms with Crippen molar-refractivity contribution in [2.24, 2.45) is 11.8 Å². The van der Waals surface area contributed by atoms with Crippen LogP contribution in [0.25, 0.3) is 11.1 Å². The van der Waals surface area contributed by atoms with Crippen LogP contribution in [0.3, 0.4) is 0 Å². The molecule has 0 aromatic heterocycles. The minimum absolute atomic E-state index is 0.0131. The molecule has 52 heavy (non-hydrogen) atoms. The van der Waals surface area contributed by atoms with Gasteiger partial charge >= 0.3 is 18.1 Å². The van der Waals surface area contributed by atoms with Crippen LogP contribution in [0.15, 0.2) is 103 Å². The highest BCUT2D eigenvalue weighted by Crippen LogP contribution is 2.38. The van der Waals surface area contributed by atoms with E-state index < -0.39 is 29.7 Å². The molecule has 4 aromatic carbocycles. The summed E-state index contributed by atoms with van der Waals surface area (Å²) in [6.07, 6.45) is 0.916. The number of hydrogen-bond donors (Lipinski definition) is 1. The van der Waals surface area contributed by atoms with E-state index >= 15 is 0 Å². The van der Waals surface area contributed by atoms with Crippen LogP contribution < -0.4 is 10.2 Å². The second-order valence-electron chi connectivity index (χ2n) is 13.6. The van der Waals surface area contributed by atoms with Gasteiger partial charge in [-0.3, -0.25) is 9.59 Å². The summed E-state index contributed by atoms with van der Waals surface area (Å²) in [6.45, 7) is 1.41. The standard InChI is InChI=1S/C42H43F3N2O5/c1-51-41(50)38(31-12-6-3-7-13-31)52-40(49)37(29-10-4-2-5-11-29)30-24-26-47(27-25-30)34-22-20-33(21-23-34)46-39(48)36-15-9-8-14-35(36)28-16-18-32(19-17-28)42(43,44)45/h2,4-5,8-11,14-23,30-31,37-38H,3,6-7,12-13,24-27H2,1H3,(H,46,48). The van der Waals surface area contributed by atoms with Crippen molar-refractivity contribution in [2.45, 2.75) is 63.1 Å². The Morgan fingerprint density at radius 2 is 1.37 bits per heavy atom. The molecule has 0 spiro atoms. The number of halogens is 3. The molecule has 272 valence electrons. The average molecular weight is 713 g/mol. The normalized spacial score (nSPS) is 16.8. The zero-order valence-corrected chi connectivity index (χ0v) is 29.1. The maximum Gasteiger partial charge on any atom is 0.416 e. The van der Waals surface area contributed by atoms with Crippen LogP contribution in [-0.4, -0.2) is 44.1 Å². The maximum atomic E-state index is 13.9. The van der Waals surface area contributed by atoms with Crippen molar-refractivity contribution in [1.29, 1.82) is 0 Å². The molecule has 1 heterocycles. The SMILES string of the molecule is COC(=O)C(OC(=O)C(c1ccccc1)C1CCN(c2ccc(NC(=O)c3ccccc3-c3ccc(C(F)(F)F)cc3)cc2)CC1)C1CCCCC1. The van der Waals surface area contributed by atoms with E-state index in [1.54, 1.807) is 24.3 Å². The number of nitrogens with zero attached hydrogens (tertiary/aromatic N) is 1. The van der Waals surface area contributed by atoms with E-state index in [1.165, 1.54) is 19.2 Å². The highest BCUT2D eigenvalue weighted by Gasteiger charge is 2.39. The molecule has 6 rings (SSSR count). The van der Waals surface area contributed by atoms with Gasteiger partial charge in [0, 0.05) is 35.9 Å². The van der Waals surface area contributed by atoms with Gasteiger partial charge in [-0.05, 0) is 90.8 Å². The van der Waals surface area contributed by atoms with Crippen molar-refractivity contribution in [2.75, 3.05) is 30.4 Å². The van der Waals surface area contributed by atoms with Crippen LogP contribution in [0.1, 0.15) is 72.3 Å². The van der Waals surface area contributed by atoms with Crippen molar-refractivity contribution < 1.29 is 37.0 Å². The predicted molar refractivity (Wildman–Crippen MR) is 194 cm³/mol. The van der Waals surface area contributed by atoms with Gasteiger partial charge in [0.15, 0.2) is 0 Å². The number of hydrogen-bond acceptors (Lipinski definition) is 6. The molecule has 0 bridgehead atoms. The van der Waals surface area contributed by atoms with E-state index in [1.807, 2.05) is 54.6 Å². The lowest BCUT2D eigenvalue weighted by atomic mass is 9.79. The Bertz CT molecular complexity index is 1820. The molecule has 4 aromatic rings. The fraction of sp³-hybridized carbons (Fsp3) is 0.357. The molecule has 7 nitrogen and oxygen atoms in total. The van der Waals surface area contributed by atoms with Crippen LogP contribution >= 0.6 is 0 Å². The lowest BCUT2D eigenvalue weighted by Crippen LogP contribution is -2.41. The monoisotopic (exact) mass is 712 g/mol. The summed E-state index contributed by atoms with van der Waals surface area (Å²) in [7, 11) is 1.34. The zero-order valence-electron chi connectivity index (χ0n) is 29.1. The van der Waals surface area contributed by atoms with Gasteiger partial charge in [0.25, 0.3) is 5.91 Å². The first-order valence-corrected chi connectivity index (χ1v) is 17.9. The molecule has 1 N–H and O–H groups in total. The Morgan fingerprint density at radius 1 is 0.731 bits per heavy atom. The lowest BCUT2D eigenvalue weighted by Gasteiger charge is -2.37. The lowest BCUT2D eigenvalue weighted by molar-refractivity contribution is -0.173. The molecule has 0 radical (unpaired) electrons. The molecule has 1 aliphatic heterocycles. The van der Waals surface area contributed by atoms with Gasteiger partial charge in [0.2, 0.25) is 6.10 Å². The van der Waals surface area contributed by atoms with Gasteiger partial charge < -0.3 is 19.7 Å². The van der Waals surface area contributed by atoms with Crippen LogP contribution in [0, 0.1) is 11.8 Å². The number of esters is 2. The second kappa shape index (κ2) is 16.5. The number of alkyl halides is 3. The smallest absolute Gasteiger partial charge is 0.416 e. The molecular formula is C42H43F3N2O5. The average Bonchev–Trinajstić information content (AvgIpc) is 3.18. The third-order valence-corrected chi connectivity index (χ3v) is 10.4. The third kappa shape index (κ3) is 8.66. The number of nitrogens with one attached hydrogen (secondary N) is 1.